The van der Waals surface area contributed by atoms with Crippen molar-refractivity contribution in [2.45, 2.75) is 33.6 Å². The molecule has 0 radical (unpaired) electrons. The minimum absolute atomic E-state index is 0.213. The van der Waals surface area contributed by atoms with E-state index in [9.17, 15) is 4.79 Å². The van der Waals surface area contributed by atoms with Crippen LogP contribution in [-0.4, -0.2) is 27.6 Å². The zero-order valence-electron chi connectivity index (χ0n) is 10.5. The fourth-order valence-electron chi connectivity index (χ4n) is 1.56. The molecule has 1 rings (SSSR count). The van der Waals surface area contributed by atoms with E-state index in [1.54, 1.807) is 0 Å². The molecule has 1 heterocycles. The fourth-order valence-corrected chi connectivity index (χ4v) is 1.56. The van der Waals surface area contributed by atoms with Crippen LogP contribution in [0.3, 0.4) is 0 Å². The molecule has 1 aromatic heterocycles. The predicted molar refractivity (Wildman–Crippen MR) is 66.0 cm³/mol. The summed E-state index contributed by atoms with van der Waals surface area (Å²) >= 11 is 0. The van der Waals surface area contributed by atoms with Gasteiger partial charge >= 0.3 is 5.97 Å². The van der Waals surface area contributed by atoms with Crippen LogP contribution >= 0.6 is 0 Å². The van der Waals surface area contributed by atoms with E-state index in [0.29, 0.717) is 12.3 Å². The van der Waals surface area contributed by atoms with E-state index < -0.39 is 5.97 Å². The van der Waals surface area contributed by atoms with Crippen molar-refractivity contribution in [3.05, 3.63) is 17.6 Å². The molecule has 5 heteroatoms. The van der Waals surface area contributed by atoms with E-state index >= 15 is 0 Å². The molecule has 0 aromatic carbocycles. The molecule has 0 spiro atoms. The third kappa shape index (κ3) is 5.29. The number of carbonyl (C=O) groups is 1. The summed E-state index contributed by atoms with van der Waals surface area (Å²) in [6, 6.07) is 1.89. The Bertz CT molecular complexity index is 373. The summed E-state index contributed by atoms with van der Waals surface area (Å²) in [4.78, 5) is 18.9. The summed E-state index contributed by atoms with van der Waals surface area (Å²) < 4.78 is 0. The highest BCUT2D eigenvalue weighted by atomic mass is 16.4. The minimum atomic E-state index is -0.745. The predicted octanol–water partition coefficient (Wildman–Crippen LogP) is 2.01. The molecule has 0 aliphatic carbocycles. The van der Waals surface area contributed by atoms with E-state index in [0.717, 1.165) is 23.9 Å². The average Bonchev–Trinajstić information content (AvgIpc) is 2.22. The first-order valence-corrected chi connectivity index (χ1v) is 5.75. The first-order valence-electron chi connectivity index (χ1n) is 5.75. The van der Waals surface area contributed by atoms with E-state index in [1.807, 2.05) is 26.8 Å². The van der Waals surface area contributed by atoms with E-state index in [2.05, 4.69) is 15.3 Å². The van der Waals surface area contributed by atoms with Gasteiger partial charge in [0.25, 0.3) is 0 Å². The molecule has 0 fully saturated rings. The maximum Gasteiger partial charge on any atom is 0.303 e. The van der Waals surface area contributed by atoms with Gasteiger partial charge in [0.1, 0.15) is 11.6 Å². The molecular formula is C12H19N3O2. The lowest BCUT2D eigenvalue weighted by Gasteiger charge is -2.12. The lowest BCUT2D eigenvalue weighted by atomic mass is 10.1. The van der Waals surface area contributed by atoms with Gasteiger partial charge in [-0.15, -0.1) is 0 Å². The highest BCUT2D eigenvalue weighted by Crippen LogP contribution is 2.09. The molecule has 1 unspecified atom stereocenters. The van der Waals surface area contributed by atoms with Gasteiger partial charge in [0.15, 0.2) is 0 Å². The van der Waals surface area contributed by atoms with Gasteiger partial charge in [-0.05, 0) is 26.2 Å². The first-order chi connectivity index (χ1) is 7.97. The van der Waals surface area contributed by atoms with Crippen LogP contribution in [0.1, 0.15) is 31.3 Å². The average molecular weight is 237 g/mol. The maximum absolute atomic E-state index is 10.4. The molecule has 2 N–H and O–H groups in total. The number of aryl methyl sites for hydroxylation is 2. The number of nitrogens with zero attached hydrogens (tertiary/aromatic N) is 2. The van der Waals surface area contributed by atoms with Crippen molar-refractivity contribution in [3.63, 3.8) is 0 Å². The quantitative estimate of drug-likeness (QED) is 0.791. The number of carboxylic acid groups (broad SMARTS) is 1. The maximum atomic E-state index is 10.4. The van der Waals surface area contributed by atoms with Gasteiger partial charge in [-0.3, -0.25) is 4.79 Å². The Hall–Kier alpha value is -1.65. The zero-order chi connectivity index (χ0) is 12.8. The Kier molecular flexibility index (Phi) is 4.87. The Balaban J connectivity index is 2.41. The highest BCUT2D eigenvalue weighted by Gasteiger charge is 2.06. The van der Waals surface area contributed by atoms with Crippen molar-refractivity contribution in [1.82, 2.24) is 9.97 Å². The second kappa shape index (κ2) is 6.18. The van der Waals surface area contributed by atoms with Gasteiger partial charge < -0.3 is 10.4 Å². The van der Waals surface area contributed by atoms with Gasteiger partial charge in [-0.25, -0.2) is 9.97 Å². The number of carboxylic acids is 1. The Morgan fingerprint density at radius 2 is 2.18 bits per heavy atom. The molecule has 0 aliphatic rings. The van der Waals surface area contributed by atoms with Crippen molar-refractivity contribution in [2.75, 3.05) is 11.9 Å². The van der Waals surface area contributed by atoms with Crippen molar-refractivity contribution in [1.29, 1.82) is 0 Å². The van der Waals surface area contributed by atoms with Crippen molar-refractivity contribution >= 4 is 11.8 Å². The summed E-state index contributed by atoms with van der Waals surface area (Å²) in [5.41, 5.74) is 0.929. The number of hydrogen-bond donors (Lipinski definition) is 2. The van der Waals surface area contributed by atoms with Crippen LogP contribution in [0.4, 0.5) is 5.82 Å². The van der Waals surface area contributed by atoms with E-state index in [1.165, 1.54) is 0 Å². The van der Waals surface area contributed by atoms with Crippen molar-refractivity contribution in [3.8, 4) is 0 Å². The summed E-state index contributed by atoms with van der Waals surface area (Å²) in [5, 5.41) is 11.8. The molecule has 17 heavy (non-hydrogen) atoms. The molecule has 94 valence electrons. The summed E-state index contributed by atoms with van der Waals surface area (Å²) in [6.07, 6.45) is 0.885. The van der Waals surface area contributed by atoms with Gasteiger partial charge in [0.05, 0.1) is 0 Å². The van der Waals surface area contributed by atoms with Crippen LogP contribution < -0.4 is 5.32 Å². The van der Waals surface area contributed by atoms with E-state index in [4.69, 9.17) is 5.11 Å². The molecule has 1 aromatic rings. The molecule has 1 atom stereocenters. The zero-order valence-corrected chi connectivity index (χ0v) is 10.5. The van der Waals surface area contributed by atoms with Crippen LogP contribution in [0.25, 0.3) is 0 Å². The monoisotopic (exact) mass is 237 g/mol. The Morgan fingerprint density at radius 1 is 1.47 bits per heavy atom. The summed E-state index contributed by atoms with van der Waals surface area (Å²) in [7, 11) is 0. The molecule has 0 saturated carbocycles. The number of rotatable bonds is 6. The molecule has 5 nitrogen and oxygen atoms in total. The highest BCUT2D eigenvalue weighted by molar-refractivity contribution is 5.66. The van der Waals surface area contributed by atoms with Gasteiger partial charge in [0, 0.05) is 24.7 Å². The van der Waals surface area contributed by atoms with Crippen molar-refractivity contribution in [2.24, 2.45) is 5.92 Å². The minimum Gasteiger partial charge on any atom is -0.481 e. The van der Waals surface area contributed by atoms with Crippen LogP contribution in [-0.2, 0) is 4.79 Å². The smallest absolute Gasteiger partial charge is 0.303 e. The van der Waals surface area contributed by atoms with Gasteiger partial charge in [0.2, 0.25) is 0 Å². The standard InChI is InChI=1S/C12H19N3O2/c1-8(4-5-12(16)17)7-13-11-6-9(2)14-10(3)15-11/h6,8H,4-5,7H2,1-3H3,(H,16,17)(H,13,14,15). The van der Waals surface area contributed by atoms with Crippen LogP contribution in [0.2, 0.25) is 0 Å². The number of anilines is 1. The molecular weight excluding hydrogens is 218 g/mol. The summed E-state index contributed by atoms with van der Waals surface area (Å²) in [6.45, 7) is 6.53. The third-order valence-electron chi connectivity index (χ3n) is 2.45. The van der Waals surface area contributed by atoms with E-state index in [-0.39, 0.29) is 6.42 Å². The number of aromatic nitrogens is 2. The lowest BCUT2D eigenvalue weighted by Crippen LogP contribution is -2.14. The summed E-state index contributed by atoms with van der Waals surface area (Å²) in [5.74, 6) is 1.11. The molecule has 0 bridgehead atoms. The number of aliphatic carboxylic acids is 1. The van der Waals surface area contributed by atoms with Gasteiger partial charge in [-0.1, -0.05) is 6.92 Å². The Morgan fingerprint density at radius 3 is 2.76 bits per heavy atom. The van der Waals surface area contributed by atoms with Crippen LogP contribution in [0.15, 0.2) is 6.07 Å². The molecule has 0 aliphatic heterocycles. The Labute approximate surface area is 101 Å². The molecule has 0 saturated heterocycles. The second-order valence-electron chi connectivity index (χ2n) is 4.36. The lowest BCUT2D eigenvalue weighted by molar-refractivity contribution is -0.137. The van der Waals surface area contributed by atoms with Gasteiger partial charge in [-0.2, -0.15) is 0 Å². The number of hydrogen-bond acceptors (Lipinski definition) is 4. The second-order valence-corrected chi connectivity index (χ2v) is 4.36. The van der Waals surface area contributed by atoms with Crippen molar-refractivity contribution < 1.29 is 9.90 Å². The molecule has 0 amide bonds. The topological polar surface area (TPSA) is 75.1 Å². The SMILES string of the molecule is Cc1cc(NCC(C)CCC(=O)O)nc(C)n1. The third-order valence-corrected chi connectivity index (χ3v) is 2.45. The largest absolute Gasteiger partial charge is 0.481 e. The van der Waals surface area contributed by atoms with Crippen LogP contribution in [0.5, 0.6) is 0 Å². The number of nitrogens with one attached hydrogen (secondary N) is 1. The first kappa shape index (κ1) is 13.4. The fraction of sp³-hybridized carbons (Fsp3) is 0.583. The van der Waals surface area contributed by atoms with Crippen LogP contribution in [0, 0.1) is 19.8 Å². The normalized spacial score (nSPS) is 12.2.